The molecule has 2 aromatic carbocycles. The van der Waals surface area contributed by atoms with Crippen LogP contribution in [0.2, 0.25) is 0 Å². The fourth-order valence-corrected chi connectivity index (χ4v) is 2.08. The van der Waals surface area contributed by atoms with E-state index in [-0.39, 0.29) is 0 Å². The average Bonchev–Trinajstić information content (AvgIpc) is 2.52. The van der Waals surface area contributed by atoms with Gasteiger partial charge in [-0.1, -0.05) is 30.3 Å². The van der Waals surface area contributed by atoms with Gasteiger partial charge in [-0.15, -0.1) is 5.10 Å². The van der Waals surface area contributed by atoms with E-state index < -0.39 is 0 Å². The Kier molecular flexibility index (Phi) is 3.96. The fraction of sp³-hybridized carbons (Fsp3) is 0.118. The van der Waals surface area contributed by atoms with E-state index in [0.717, 1.165) is 16.9 Å². The first-order valence-corrected chi connectivity index (χ1v) is 7.07. The molecule has 0 aliphatic carbocycles. The Bertz CT molecular complexity index is 771. The van der Waals surface area contributed by atoms with Crippen molar-refractivity contribution in [3.05, 3.63) is 65.9 Å². The normalized spacial score (nSPS) is 10.3. The van der Waals surface area contributed by atoms with Gasteiger partial charge in [0.15, 0.2) is 5.82 Å². The average molecular weight is 291 g/mol. The Morgan fingerprint density at radius 3 is 2.55 bits per heavy atom. The third kappa shape index (κ3) is 3.38. The lowest BCUT2D eigenvalue weighted by molar-refractivity contribution is 0.982. The Hall–Kier alpha value is -2.95. The van der Waals surface area contributed by atoms with Crippen LogP contribution in [0.4, 0.5) is 23.1 Å². The number of nitrogens with zero attached hydrogens (tertiary/aromatic N) is 3. The van der Waals surface area contributed by atoms with Crippen molar-refractivity contribution in [1.29, 1.82) is 0 Å². The smallest absolute Gasteiger partial charge is 0.249 e. The number of nitrogens with one attached hydrogen (secondary N) is 2. The number of aryl methyl sites for hydroxylation is 2. The summed E-state index contributed by atoms with van der Waals surface area (Å²) in [5, 5.41) is 14.4. The van der Waals surface area contributed by atoms with Crippen LogP contribution in [0.1, 0.15) is 11.1 Å². The highest BCUT2D eigenvalue weighted by Gasteiger charge is 2.04. The van der Waals surface area contributed by atoms with Crippen LogP contribution in [0, 0.1) is 13.8 Å². The lowest BCUT2D eigenvalue weighted by atomic mass is 10.1. The Morgan fingerprint density at radius 2 is 1.73 bits per heavy atom. The van der Waals surface area contributed by atoms with E-state index in [1.165, 1.54) is 5.56 Å². The van der Waals surface area contributed by atoms with Crippen LogP contribution >= 0.6 is 0 Å². The van der Waals surface area contributed by atoms with E-state index in [2.05, 4.69) is 57.9 Å². The molecule has 110 valence electrons. The van der Waals surface area contributed by atoms with E-state index in [1.54, 1.807) is 6.20 Å². The van der Waals surface area contributed by atoms with Crippen molar-refractivity contribution < 1.29 is 0 Å². The van der Waals surface area contributed by atoms with Gasteiger partial charge in [-0.25, -0.2) is 0 Å². The number of benzene rings is 2. The number of anilines is 4. The Morgan fingerprint density at radius 1 is 0.909 bits per heavy atom. The van der Waals surface area contributed by atoms with E-state index >= 15 is 0 Å². The van der Waals surface area contributed by atoms with Crippen LogP contribution in [0.25, 0.3) is 0 Å². The van der Waals surface area contributed by atoms with Crippen molar-refractivity contribution in [3.8, 4) is 0 Å². The van der Waals surface area contributed by atoms with Gasteiger partial charge < -0.3 is 10.6 Å². The largest absolute Gasteiger partial charge is 0.339 e. The molecular weight excluding hydrogens is 274 g/mol. The topological polar surface area (TPSA) is 62.7 Å². The second kappa shape index (κ2) is 6.22. The van der Waals surface area contributed by atoms with Crippen LogP contribution < -0.4 is 10.6 Å². The van der Waals surface area contributed by atoms with Crippen molar-refractivity contribution >= 4 is 23.1 Å². The molecule has 1 heterocycles. The summed E-state index contributed by atoms with van der Waals surface area (Å²) in [4.78, 5) is 4.44. The Labute approximate surface area is 129 Å². The summed E-state index contributed by atoms with van der Waals surface area (Å²) in [6.07, 6.45) is 1.61. The van der Waals surface area contributed by atoms with Crippen LogP contribution in [0.3, 0.4) is 0 Å². The zero-order valence-electron chi connectivity index (χ0n) is 12.5. The molecule has 5 nitrogen and oxygen atoms in total. The minimum atomic E-state index is 0.460. The number of hydrogen-bond donors (Lipinski definition) is 2. The van der Waals surface area contributed by atoms with E-state index in [0.29, 0.717) is 11.8 Å². The minimum Gasteiger partial charge on any atom is -0.339 e. The molecule has 0 aliphatic rings. The molecule has 22 heavy (non-hydrogen) atoms. The van der Waals surface area contributed by atoms with Crippen LogP contribution in [0.15, 0.2) is 54.7 Å². The van der Waals surface area contributed by atoms with E-state index in [4.69, 9.17) is 0 Å². The molecule has 0 spiro atoms. The second-order valence-electron chi connectivity index (χ2n) is 5.10. The van der Waals surface area contributed by atoms with Gasteiger partial charge in [-0.05, 0) is 43.2 Å². The molecule has 1 aromatic heterocycles. The van der Waals surface area contributed by atoms with Gasteiger partial charge in [0.1, 0.15) is 0 Å². The molecular formula is C17H17N5. The molecule has 2 N–H and O–H groups in total. The maximum absolute atomic E-state index is 4.44. The van der Waals surface area contributed by atoms with Gasteiger partial charge in [0.2, 0.25) is 5.95 Å². The van der Waals surface area contributed by atoms with Gasteiger partial charge in [0.25, 0.3) is 0 Å². The molecule has 3 aromatic rings. The summed E-state index contributed by atoms with van der Waals surface area (Å²) in [5.74, 6) is 1.11. The molecule has 0 amide bonds. The quantitative estimate of drug-likeness (QED) is 0.761. The number of hydrogen-bond acceptors (Lipinski definition) is 5. The van der Waals surface area contributed by atoms with Gasteiger partial charge in [-0.3, -0.25) is 0 Å². The lowest BCUT2D eigenvalue weighted by Gasteiger charge is -2.10. The third-order valence-corrected chi connectivity index (χ3v) is 3.24. The number of aromatic nitrogens is 3. The first-order valence-electron chi connectivity index (χ1n) is 7.07. The summed E-state index contributed by atoms with van der Waals surface area (Å²) < 4.78 is 0. The fourth-order valence-electron chi connectivity index (χ4n) is 2.08. The zero-order chi connectivity index (χ0) is 15.4. The van der Waals surface area contributed by atoms with Crippen LogP contribution in [-0.4, -0.2) is 15.2 Å². The molecule has 0 atom stereocenters. The maximum atomic E-state index is 4.44. The molecule has 0 aliphatic heterocycles. The highest BCUT2D eigenvalue weighted by atomic mass is 15.3. The molecule has 0 saturated heterocycles. The van der Waals surface area contributed by atoms with Crippen molar-refractivity contribution in [3.63, 3.8) is 0 Å². The lowest BCUT2D eigenvalue weighted by Crippen LogP contribution is -2.03. The zero-order valence-corrected chi connectivity index (χ0v) is 12.5. The Balaban J connectivity index is 1.81. The maximum Gasteiger partial charge on any atom is 0.249 e. The van der Waals surface area contributed by atoms with E-state index in [1.807, 2.05) is 30.3 Å². The molecule has 0 fully saturated rings. The van der Waals surface area contributed by atoms with Gasteiger partial charge >= 0.3 is 0 Å². The van der Waals surface area contributed by atoms with Crippen molar-refractivity contribution in [2.75, 3.05) is 10.6 Å². The first kappa shape index (κ1) is 14.0. The predicted octanol–water partition coefficient (Wildman–Crippen LogP) is 3.98. The number of rotatable bonds is 4. The second-order valence-corrected chi connectivity index (χ2v) is 5.10. The molecule has 0 bridgehead atoms. The summed E-state index contributed by atoms with van der Waals surface area (Å²) in [5.41, 5.74) is 4.29. The molecule has 0 radical (unpaired) electrons. The van der Waals surface area contributed by atoms with E-state index in [9.17, 15) is 0 Å². The highest BCUT2D eigenvalue weighted by molar-refractivity contribution is 5.62. The summed E-state index contributed by atoms with van der Waals surface area (Å²) >= 11 is 0. The van der Waals surface area contributed by atoms with Crippen molar-refractivity contribution in [1.82, 2.24) is 15.2 Å². The first-order chi connectivity index (χ1) is 10.7. The summed E-state index contributed by atoms with van der Waals surface area (Å²) in [6, 6.07) is 16.0. The van der Waals surface area contributed by atoms with Gasteiger partial charge in [0.05, 0.1) is 6.20 Å². The molecule has 0 unspecified atom stereocenters. The standard InChI is InChI=1S/C17H17N5/c1-12-8-9-13(2)15(10-12)20-16-11-18-22-17(21-16)19-14-6-4-3-5-7-14/h3-11H,1-2H3,(H2,19,20,21,22). The number of para-hydroxylation sites is 1. The SMILES string of the molecule is Cc1ccc(C)c(Nc2cnnc(Nc3ccccc3)n2)c1. The monoisotopic (exact) mass is 291 g/mol. The third-order valence-electron chi connectivity index (χ3n) is 3.24. The minimum absolute atomic E-state index is 0.460. The summed E-state index contributed by atoms with van der Waals surface area (Å²) in [6.45, 7) is 4.12. The summed E-state index contributed by atoms with van der Waals surface area (Å²) in [7, 11) is 0. The predicted molar refractivity (Wildman–Crippen MR) is 88.8 cm³/mol. The van der Waals surface area contributed by atoms with Gasteiger partial charge in [0, 0.05) is 11.4 Å². The van der Waals surface area contributed by atoms with Gasteiger partial charge in [-0.2, -0.15) is 10.1 Å². The highest BCUT2D eigenvalue weighted by Crippen LogP contribution is 2.21. The van der Waals surface area contributed by atoms with Crippen molar-refractivity contribution in [2.24, 2.45) is 0 Å². The molecule has 5 heteroatoms. The molecule has 0 saturated carbocycles. The van der Waals surface area contributed by atoms with Crippen molar-refractivity contribution in [2.45, 2.75) is 13.8 Å². The van der Waals surface area contributed by atoms with Crippen LogP contribution in [0.5, 0.6) is 0 Å². The molecule has 3 rings (SSSR count). The van der Waals surface area contributed by atoms with Crippen LogP contribution in [-0.2, 0) is 0 Å².